The zero-order valence-corrected chi connectivity index (χ0v) is 14.0. The number of esters is 1. The van der Waals surface area contributed by atoms with Crippen LogP contribution in [0.3, 0.4) is 0 Å². The van der Waals surface area contributed by atoms with E-state index >= 15 is 0 Å². The highest BCUT2D eigenvalue weighted by atomic mass is 19.1. The summed E-state index contributed by atoms with van der Waals surface area (Å²) in [4.78, 5) is 48.3. The van der Waals surface area contributed by atoms with Gasteiger partial charge in [-0.1, -0.05) is 0 Å². The molecule has 1 aliphatic rings. The van der Waals surface area contributed by atoms with E-state index in [1.54, 1.807) is 0 Å². The molecule has 1 saturated heterocycles. The van der Waals surface area contributed by atoms with Crippen LogP contribution in [0.25, 0.3) is 0 Å². The minimum atomic E-state index is -1.16. The first-order valence-electron chi connectivity index (χ1n) is 7.50. The van der Waals surface area contributed by atoms with Crippen molar-refractivity contribution < 1.29 is 28.3 Å². The maximum atomic E-state index is 12.8. The maximum Gasteiger partial charge on any atom is 0.327 e. The summed E-state index contributed by atoms with van der Waals surface area (Å²) in [6, 6.07) is 4.36. The first kappa shape index (κ1) is 18.4. The van der Waals surface area contributed by atoms with Crippen molar-refractivity contribution in [2.75, 3.05) is 11.9 Å². The van der Waals surface area contributed by atoms with Crippen molar-refractivity contribution in [1.29, 1.82) is 0 Å². The highest BCUT2D eigenvalue weighted by Gasteiger charge is 2.45. The summed E-state index contributed by atoms with van der Waals surface area (Å²) in [5.41, 5.74) is -0.756. The fourth-order valence-electron chi connectivity index (χ4n) is 2.16. The Balaban J connectivity index is 1.89. The van der Waals surface area contributed by atoms with E-state index in [0.717, 1.165) is 4.90 Å². The Hall–Kier alpha value is -2.97. The number of urea groups is 1. The number of imide groups is 1. The van der Waals surface area contributed by atoms with E-state index < -0.39 is 47.8 Å². The molecule has 4 amide bonds. The summed E-state index contributed by atoms with van der Waals surface area (Å²) in [6.45, 7) is 3.77. The van der Waals surface area contributed by atoms with Crippen molar-refractivity contribution in [3.8, 4) is 0 Å². The van der Waals surface area contributed by atoms with E-state index in [2.05, 4.69) is 10.6 Å². The zero-order valence-electron chi connectivity index (χ0n) is 14.0. The van der Waals surface area contributed by atoms with Crippen molar-refractivity contribution in [3.05, 3.63) is 30.1 Å². The van der Waals surface area contributed by atoms with Crippen molar-refractivity contribution in [2.24, 2.45) is 0 Å². The minimum Gasteiger partial charge on any atom is -0.451 e. The van der Waals surface area contributed by atoms with Gasteiger partial charge in [-0.2, -0.15) is 0 Å². The van der Waals surface area contributed by atoms with Gasteiger partial charge >= 0.3 is 12.0 Å². The molecule has 1 aliphatic heterocycles. The average Bonchev–Trinajstić information content (AvgIpc) is 2.71. The fraction of sp³-hybridized carbons (Fsp3) is 0.375. The molecule has 8 nitrogen and oxygen atoms in total. The number of benzene rings is 1. The molecule has 134 valence electrons. The second-order valence-corrected chi connectivity index (χ2v) is 6.07. The van der Waals surface area contributed by atoms with Crippen LogP contribution < -0.4 is 10.6 Å². The number of nitrogens with zero attached hydrogens (tertiary/aromatic N) is 1. The fourth-order valence-corrected chi connectivity index (χ4v) is 2.16. The Morgan fingerprint density at radius 2 is 1.88 bits per heavy atom. The second kappa shape index (κ2) is 6.88. The van der Waals surface area contributed by atoms with E-state index in [1.807, 2.05) is 0 Å². The number of rotatable bonds is 5. The predicted molar refractivity (Wildman–Crippen MR) is 84.9 cm³/mol. The lowest BCUT2D eigenvalue weighted by atomic mass is 10.1. The van der Waals surface area contributed by atoms with Crippen molar-refractivity contribution in [1.82, 2.24) is 10.2 Å². The zero-order chi connectivity index (χ0) is 18.8. The molecular weight excluding hydrogens is 333 g/mol. The van der Waals surface area contributed by atoms with Gasteiger partial charge in [0.15, 0.2) is 6.10 Å². The Bertz CT molecular complexity index is 717. The van der Waals surface area contributed by atoms with Crippen LogP contribution in [0.15, 0.2) is 24.3 Å². The van der Waals surface area contributed by atoms with Crippen LogP contribution in [0.5, 0.6) is 0 Å². The molecule has 1 aromatic rings. The lowest BCUT2D eigenvalue weighted by Gasteiger charge is -2.17. The van der Waals surface area contributed by atoms with Gasteiger partial charge in [0.2, 0.25) is 0 Å². The first-order valence-corrected chi connectivity index (χ1v) is 7.50. The molecule has 0 radical (unpaired) electrons. The number of nitrogens with one attached hydrogen (secondary N) is 2. The van der Waals surface area contributed by atoms with E-state index in [0.29, 0.717) is 5.69 Å². The quantitative estimate of drug-likeness (QED) is 0.609. The van der Waals surface area contributed by atoms with Crippen molar-refractivity contribution in [2.45, 2.75) is 32.4 Å². The molecule has 0 spiro atoms. The number of hydrogen-bond donors (Lipinski definition) is 2. The summed E-state index contributed by atoms with van der Waals surface area (Å²) >= 11 is 0. The van der Waals surface area contributed by atoms with Crippen LogP contribution in [0.1, 0.15) is 20.8 Å². The number of carbonyl (C=O) groups is 4. The van der Waals surface area contributed by atoms with E-state index in [-0.39, 0.29) is 0 Å². The molecule has 0 aromatic heterocycles. The van der Waals surface area contributed by atoms with Crippen LogP contribution in [0, 0.1) is 5.82 Å². The normalized spacial score (nSPS) is 17.0. The predicted octanol–water partition coefficient (Wildman–Crippen LogP) is 1.03. The van der Waals surface area contributed by atoms with Crippen molar-refractivity contribution >= 4 is 29.5 Å². The van der Waals surface area contributed by atoms with E-state index in [1.165, 1.54) is 45.0 Å². The highest BCUT2D eigenvalue weighted by Crippen LogP contribution is 2.16. The SMILES string of the molecule is C[C@H](OC(=O)CN1C(=O)NC(C)(C)C1=O)C(=O)Nc1ccc(F)cc1. The molecule has 1 aromatic carbocycles. The first-order chi connectivity index (χ1) is 11.6. The van der Waals surface area contributed by atoms with Crippen LogP contribution in [0.4, 0.5) is 14.9 Å². The number of halogens is 1. The van der Waals surface area contributed by atoms with Gasteiger partial charge < -0.3 is 15.4 Å². The number of hydrogen-bond acceptors (Lipinski definition) is 5. The molecule has 0 unspecified atom stereocenters. The van der Waals surface area contributed by atoms with Gasteiger partial charge in [-0.25, -0.2) is 9.18 Å². The third kappa shape index (κ3) is 4.31. The number of anilines is 1. The van der Waals surface area contributed by atoms with Crippen molar-refractivity contribution in [3.63, 3.8) is 0 Å². The smallest absolute Gasteiger partial charge is 0.327 e. The largest absolute Gasteiger partial charge is 0.451 e. The lowest BCUT2D eigenvalue weighted by molar-refractivity contribution is -0.155. The van der Waals surface area contributed by atoms with Gasteiger partial charge in [0.25, 0.3) is 11.8 Å². The topological polar surface area (TPSA) is 105 Å². The van der Waals surface area contributed by atoms with Gasteiger partial charge in [0, 0.05) is 5.69 Å². The molecule has 25 heavy (non-hydrogen) atoms. The Labute approximate surface area is 143 Å². The van der Waals surface area contributed by atoms with E-state index in [4.69, 9.17) is 4.74 Å². The molecule has 0 aliphatic carbocycles. The average molecular weight is 351 g/mol. The highest BCUT2D eigenvalue weighted by molar-refractivity contribution is 6.08. The van der Waals surface area contributed by atoms with Crippen LogP contribution >= 0.6 is 0 Å². The molecule has 2 N–H and O–H groups in total. The van der Waals surface area contributed by atoms with Crippen LogP contribution in [-0.4, -0.2) is 46.9 Å². The molecule has 9 heteroatoms. The van der Waals surface area contributed by atoms with Gasteiger partial charge in [0.1, 0.15) is 17.9 Å². The van der Waals surface area contributed by atoms with Gasteiger partial charge in [-0.05, 0) is 45.0 Å². The Morgan fingerprint density at radius 1 is 1.28 bits per heavy atom. The van der Waals surface area contributed by atoms with Gasteiger partial charge in [0.05, 0.1) is 0 Å². The summed E-state index contributed by atoms with van der Waals surface area (Å²) in [7, 11) is 0. The Kier molecular flexibility index (Phi) is 5.05. The minimum absolute atomic E-state index is 0.338. The lowest BCUT2D eigenvalue weighted by Crippen LogP contribution is -2.42. The molecule has 1 heterocycles. The third-order valence-corrected chi connectivity index (χ3v) is 3.52. The molecule has 2 rings (SSSR count). The molecule has 1 atom stereocenters. The Morgan fingerprint density at radius 3 is 2.40 bits per heavy atom. The molecule has 1 fully saturated rings. The summed E-state index contributed by atoms with van der Waals surface area (Å²) in [6.07, 6.45) is -1.16. The van der Waals surface area contributed by atoms with Gasteiger partial charge in [-0.3, -0.25) is 19.3 Å². The molecular formula is C16H18FN3O5. The standard InChI is InChI=1S/C16H18FN3O5/c1-9(13(22)18-11-6-4-10(17)5-7-11)25-12(21)8-20-14(23)16(2,3)19-15(20)24/h4-7,9H,8H2,1-3H3,(H,18,22)(H,19,24)/t9-/m0/s1. The van der Waals surface area contributed by atoms with Crippen LogP contribution in [0.2, 0.25) is 0 Å². The number of amides is 4. The second-order valence-electron chi connectivity index (χ2n) is 6.07. The summed E-state index contributed by atoms with van der Waals surface area (Å²) in [5.74, 6) is -2.53. The van der Waals surface area contributed by atoms with Gasteiger partial charge in [-0.15, -0.1) is 0 Å². The monoisotopic (exact) mass is 351 g/mol. The van der Waals surface area contributed by atoms with E-state index in [9.17, 15) is 23.6 Å². The van der Waals surface area contributed by atoms with Crippen LogP contribution in [-0.2, 0) is 19.1 Å². The molecule has 0 bridgehead atoms. The molecule has 0 saturated carbocycles. The number of carbonyl (C=O) groups excluding carboxylic acids is 4. The number of ether oxygens (including phenoxy) is 1. The maximum absolute atomic E-state index is 12.8. The third-order valence-electron chi connectivity index (χ3n) is 3.52. The summed E-state index contributed by atoms with van der Waals surface area (Å²) < 4.78 is 17.8. The summed E-state index contributed by atoms with van der Waals surface area (Å²) in [5, 5.41) is 4.89.